The minimum absolute atomic E-state index is 0.104. The normalized spacial score (nSPS) is 11.5. The van der Waals surface area contributed by atoms with Gasteiger partial charge in [-0.15, -0.1) is 0 Å². The standard InChI is InChI=1S/C7H13O3S/c1-7(8)5-3-4-6-11(2,9)10/h6H,3-5H2,1-2H3. The van der Waals surface area contributed by atoms with Crippen LogP contribution in [0.5, 0.6) is 0 Å². The molecule has 0 atom stereocenters. The largest absolute Gasteiger partial charge is 0.300 e. The number of carbonyl (C=O) groups excluding carboxylic acids is 1. The number of hydrogen-bond donors (Lipinski definition) is 0. The van der Waals surface area contributed by atoms with Gasteiger partial charge in [0, 0.05) is 12.7 Å². The molecule has 0 spiro atoms. The first-order valence-corrected chi connectivity index (χ1v) is 5.40. The summed E-state index contributed by atoms with van der Waals surface area (Å²) in [5.74, 6) is 1.35. The maximum atomic E-state index is 10.5. The number of carbonyl (C=O) groups is 1. The summed E-state index contributed by atoms with van der Waals surface area (Å²) < 4.78 is 21.1. The van der Waals surface area contributed by atoms with Crippen LogP contribution in [-0.4, -0.2) is 20.5 Å². The predicted octanol–water partition coefficient (Wildman–Crippen LogP) is 0.952. The van der Waals surface area contributed by atoms with E-state index in [2.05, 4.69) is 0 Å². The minimum Gasteiger partial charge on any atom is -0.300 e. The van der Waals surface area contributed by atoms with Gasteiger partial charge in [-0.1, -0.05) is 0 Å². The van der Waals surface area contributed by atoms with Crippen molar-refractivity contribution >= 4 is 15.6 Å². The summed E-state index contributed by atoms with van der Waals surface area (Å²) in [4.78, 5) is 10.4. The summed E-state index contributed by atoms with van der Waals surface area (Å²) in [5, 5.41) is 0. The average molecular weight is 177 g/mol. The Balaban J connectivity index is 3.37. The topological polar surface area (TPSA) is 51.2 Å². The molecule has 0 rings (SSSR count). The molecule has 1 radical (unpaired) electrons. The third-order valence-electron chi connectivity index (χ3n) is 1.15. The molecule has 0 aromatic carbocycles. The molecule has 0 unspecified atom stereocenters. The number of sulfone groups is 1. The number of Topliss-reactive ketones (excluding diaryl/α,β-unsaturated/α-hetero) is 1. The molecule has 0 heterocycles. The van der Waals surface area contributed by atoms with Crippen LogP contribution in [0, 0.1) is 5.75 Å². The van der Waals surface area contributed by atoms with Crippen molar-refractivity contribution in [2.45, 2.75) is 26.2 Å². The highest BCUT2D eigenvalue weighted by Crippen LogP contribution is 2.03. The molecule has 0 aromatic heterocycles. The van der Waals surface area contributed by atoms with E-state index >= 15 is 0 Å². The van der Waals surface area contributed by atoms with Gasteiger partial charge in [-0.05, 0) is 19.8 Å². The van der Waals surface area contributed by atoms with E-state index in [-0.39, 0.29) is 5.78 Å². The maximum Gasteiger partial charge on any atom is 0.151 e. The van der Waals surface area contributed by atoms with E-state index in [9.17, 15) is 13.2 Å². The Bertz CT molecular complexity index is 216. The van der Waals surface area contributed by atoms with Crippen LogP contribution >= 0.6 is 0 Å². The summed E-state index contributed by atoms with van der Waals surface area (Å²) in [7, 11) is -2.96. The number of ketones is 1. The number of rotatable bonds is 5. The van der Waals surface area contributed by atoms with E-state index in [0.29, 0.717) is 19.3 Å². The molecule has 65 valence electrons. The van der Waals surface area contributed by atoms with Crippen molar-refractivity contribution in [3.8, 4) is 0 Å². The van der Waals surface area contributed by atoms with Crippen molar-refractivity contribution in [2.24, 2.45) is 0 Å². The van der Waals surface area contributed by atoms with E-state index in [0.717, 1.165) is 6.26 Å². The first-order valence-electron chi connectivity index (χ1n) is 3.44. The van der Waals surface area contributed by atoms with Gasteiger partial charge < -0.3 is 4.79 Å². The first kappa shape index (κ1) is 10.6. The number of hydrogen-bond acceptors (Lipinski definition) is 3. The molecule has 0 amide bonds. The lowest BCUT2D eigenvalue weighted by molar-refractivity contribution is -0.117. The van der Waals surface area contributed by atoms with Gasteiger partial charge in [-0.3, -0.25) is 0 Å². The lowest BCUT2D eigenvalue weighted by Crippen LogP contribution is -1.97. The van der Waals surface area contributed by atoms with Crippen LogP contribution in [0.25, 0.3) is 0 Å². The fourth-order valence-electron chi connectivity index (χ4n) is 0.648. The van der Waals surface area contributed by atoms with Gasteiger partial charge in [0.25, 0.3) is 0 Å². The third-order valence-corrected chi connectivity index (χ3v) is 1.99. The zero-order chi connectivity index (χ0) is 8.91. The lowest BCUT2D eigenvalue weighted by atomic mass is 10.2. The highest BCUT2D eigenvalue weighted by molar-refractivity contribution is 7.92. The Labute approximate surface area is 67.7 Å². The monoisotopic (exact) mass is 177 g/mol. The molecule has 0 saturated carbocycles. The Morgan fingerprint density at radius 2 is 2.00 bits per heavy atom. The number of unbranched alkanes of at least 4 members (excludes halogenated alkanes) is 1. The molecule has 0 bridgehead atoms. The Hall–Kier alpha value is -0.380. The molecule has 0 aliphatic heterocycles. The van der Waals surface area contributed by atoms with Crippen molar-refractivity contribution in [2.75, 3.05) is 6.26 Å². The third kappa shape index (κ3) is 9.62. The minimum atomic E-state index is -2.96. The van der Waals surface area contributed by atoms with Gasteiger partial charge in [0.2, 0.25) is 0 Å². The first-order chi connectivity index (χ1) is 4.92. The Morgan fingerprint density at radius 1 is 1.45 bits per heavy atom. The fraction of sp³-hybridized carbons (Fsp3) is 0.714. The highest BCUT2D eigenvalue weighted by Gasteiger charge is 2.02. The second-order valence-electron chi connectivity index (χ2n) is 2.59. The second-order valence-corrected chi connectivity index (χ2v) is 4.58. The summed E-state index contributed by atoms with van der Waals surface area (Å²) in [6, 6.07) is 0. The van der Waals surface area contributed by atoms with E-state index in [4.69, 9.17) is 0 Å². The molecule has 0 aliphatic rings. The van der Waals surface area contributed by atoms with E-state index in [1.165, 1.54) is 12.7 Å². The van der Waals surface area contributed by atoms with Gasteiger partial charge in [0.05, 0.1) is 5.75 Å². The van der Waals surface area contributed by atoms with Crippen molar-refractivity contribution in [3.63, 3.8) is 0 Å². The van der Waals surface area contributed by atoms with Crippen molar-refractivity contribution < 1.29 is 13.2 Å². The van der Waals surface area contributed by atoms with Gasteiger partial charge in [0.15, 0.2) is 9.84 Å². The zero-order valence-electron chi connectivity index (χ0n) is 6.83. The van der Waals surface area contributed by atoms with Crippen LogP contribution in [0.15, 0.2) is 0 Å². The van der Waals surface area contributed by atoms with Crippen LogP contribution in [0.3, 0.4) is 0 Å². The Kier molecular flexibility index (Phi) is 4.33. The molecule has 0 N–H and O–H groups in total. The van der Waals surface area contributed by atoms with Crippen molar-refractivity contribution in [1.29, 1.82) is 0 Å². The maximum absolute atomic E-state index is 10.5. The van der Waals surface area contributed by atoms with Gasteiger partial charge in [-0.25, -0.2) is 8.42 Å². The van der Waals surface area contributed by atoms with Gasteiger partial charge >= 0.3 is 0 Å². The Morgan fingerprint density at radius 3 is 2.36 bits per heavy atom. The zero-order valence-corrected chi connectivity index (χ0v) is 7.65. The van der Waals surface area contributed by atoms with Crippen LogP contribution < -0.4 is 0 Å². The van der Waals surface area contributed by atoms with Crippen LogP contribution in [0.2, 0.25) is 0 Å². The summed E-state index contributed by atoms with van der Waals surface area (Å²) in [5.41, 5.74) is 0. The summed E-state index contributed by atoms with van der Waals surface area (Å²) >= 11 is 0. The molecule has 4 heteroatoms. The second kappa shape index (κ2) is 4.49. The van der Waals surface area contributed by atoms with Gasteiger partial charge in [0.1, 0.15) is 5.78 Å². The molecule has 3 nitrogen and oxygen atoms in total. The quantitative estimate of drug-likeness (QED) is 0.587. The molecular weight excluding hydrogens is 164 g/mol. The highest BCUT2D eigenvalue weighted by atomic mass is 32.2. The summed E-state index contributed by atoms with van der Waals surface area (Å²) in [6.45, 7) is 1.50. The molecule has 0 saturated heterocycles. The predicted molar refractivity (Wildman–Crippen MR) is 43.7 cm³/mol. The van der Waals surface area contributed by atoms with Crippen molar-refractivity contribution in [3.05, 3.63) is 5.75 Å². The van der Waals surface area contributed by atoms with Crippen LogP contribution in [0.4, 0.5) is 0 Å². The summed E-state index contributed by atoms with van der Waals surface area (Å²) in [6.07, 6.45) is 2.72. The molecule has 0 aromatic rings. The van der Waals surface area contributed by atoms with Crippen LogP contribution in [-0.2, 0) is 14.6 Å². The lowest BCUT2D eigenvalue weighted by Gasteiger charge is -1.95. The molecule has 11 heavy (non-hydrogen) atoms. The van der Waals surface area contributed by atoms with Gasteiger partial charge in [-0.2, -0.15) is 0 Å². The van der Waals surface area contributed by atoms with E-state index in [1.54, 1.807) is 0 Å². The molecular formula is C7H13O3S. The SMILES string of the molecule is CC(=O)CCC[CH]S(C)(=O)=O. The smallest absolute Gasteiger partial charge is 0.151 e. The van der Waals surface area contributed by atoms with Crippen molar-refractivity contribution in [1.82, 2.24) is 0 Å². The van der Waals surface area contributed by atoms with Crippen LogP contribution in [0.1, 0.15) is 26.2 Å². The average Bonchev–Trinajstić information content (AvgIpc) is 1.78. The fourth-order valence-corrected chi connectivity index (χ4v) is 1.24. The molecule has 0 fully saturated rings. The van der Waals surface area contributed by atoms with E-state index < -0.39 is 9.84 Å². The molecule has 0 aliphatic carbocycles. The van der Waals surface area contributed by atoms with E-state index in [1.807, 2.05) is 0 Å².